The van der Waals surface area contributed by atoms with Crippen molar-refractivity contribution in [3.63, 3.8) is 0 Å². The SMILES string of the molecule is CCN1CCCC1CNC(=NCc1ccccn1)NCC(=O)N(C)C.I. The molecule has 1 amide bonds. The second kappa shape index (κ2) is 12.1. The molecule has 2 heterocycles. The highest BCUT2D eigenvalue weighted by molar-refractivity contribution is 14.0. The molecule has 26 heavy (non-hydrogen) atoms. The van der Waals surface area contributed by atoms with E-state index >= 15 is 0 Å². The lowest BCUT2D eigenvalue weighted by Gasteiger charge is -2.24. The van der Waals surface area contributed by atoms with Gasteiger partial charge in [-0.3, -0.25) is 14.7 Å². The molecule has 0 aliphatic carbocycles. The van der Waals surface area contributed by atoms with Crippen LogP contribution in [0, 0.1) is 0 Å². The van der Waals surface area contributed by atoms with Crippen LogP contribution in [0.15, 0.2) is 29.4 Å². The molecular weight excluding hydrogens is 443 g/mol. The van der Waals surface area contributed by atoms with Gasteiger partial charge in [0.15, 0.2) is 5.96 Å². The first-order valence-corrected chi connectivity index (χ1v) is 8.96. The molecule has 1 aromatic rings. The second-order valence-corrected chi connectivity index (χ2v) is 6.43. The Kier molecular flexibility index (Phi) is 10.5. The van der Waals surface area contributed by atoms with Crippen molar-refractivity contribution in [1.82, 2.24) is 25.4 Å². The summed E-state index contributed by atoms with van der Waals surface area (Å²) in [5.74, 6) is 0.673. The number of carbonyl (C=O) groups excluding carboxylic acids is 1. The molecule has 1 aromatic heterocycles. The molecule has 146 valence electrons. The molecule has 0 bridgehead atoms. The smallest absolute Gasteiger partial charge is 0.241 e. The molecule has 0 spiro atoms. The summed E-state index contributed by atoms with van der Waals surface area (Å²) in [6.07, 6.45) is 4.21. The summed E-state index contributed by atoms with van der Waals surface area (Å²) in [6, 6.07) is 6.31. The summed E-state index contributed by atoms with van der Waals surface area (Å²) in [5, 5.41) is 6.52. The molecule has 1 saturated heterocycles. The van der Waals surface area contributed by atoms with E-state index in [0.717, 1.165) is 25.3 Å². The van der Waals surface area contributed by atoms with Crippen molar-refractivity contribution in [3.05, 3.63) is 30.1 Å². The number of carbonyl (C=O) groups is 1. The Morgan fingerprint density at radius 3 is 2.85 bits per heavy atom. The highest BCUT2D eigenvalue weighted by Gasteiger charge is 2.22. The lowest BCUT2D eigenvalue weighted by Crippen LogP contribution is -2.47. The molecule has 8 heteroatoms. The van der Waals surface area contributed by atoms with Crippen molar-refractivity contribution >= 4 is 35.8 Å². The first-order chi connectivity index (χ1) is 12.1. The Morgan fingerprint density at radius 1 is 1.38 bits per heavy atom. The maximum Gasteiger partial charge on any atom is 0.241 e. The summed E-state index contributed by atoms with van der Waals surface area (Å²) < 4.78 is 0. The first kappa shape index (κ1) is 22.6. The fourth-order valence-electron chi connectivity index (χ4n) is 2.90. The normalized spacial score (nSPS) is 17.5. The summed E-state index contributed by atoms with van der Waals surface area (Å²) >= 11 is 0. The average molecular weight is 474 g/mol. The van der Waals surface area contributed by atoms with Gasteiger partial charge in [-0.15, -0.1) is 24.0 Å². The van der Waals surface area contributed by atoms with Crippen molar-refractivity contribution in [2.24, 2.45) is 4.99 Å². The highest BCUT2D eigenvalue weighted by atomic mass is 127. The number of guanidine groups is 1. The number of pyridine rings is 1. The lowest BCUT2D eigenvalue weighted by atomic mass is 10.2. The fourth-order valence-corrected chi connectivity index (χ4v) is 2.90. The summed E-state index contributed by atoms with van der Waals surface area (Å²) in [5.41, 5.74) is 0.901. The minimum atomic E-state index is 0. The molecule has 1 fully saturated rings. The molecule has 0 saturated carbocycles. The summed E-state index contributed by atoms with van der Waals surface area (Å²) in [4.78, 5) is 24.8. The standard InChI is InChI=1S/C18H30N6O.HI/c1-4-24-11-7-9-16(24)13-21-18(22-14-17(25)23(2)3)20-12-15-8-5-6-10-19-15;/h5-6,8,10,16H,4,7,9,11-14H2,1-3H3,(H2,20,21,22);1H. The molecule has 1 aliphatic heterocycles. The molecule has 0 radical (unpaired) electrons. The zero-order valence-corrected chi connectivity index (χ0v) is 18.3. The van der Waals surface area contributed by atoms with Gasteiger partial charge in [-0.05, 0) is 38.1 Å². The van der Waals surface area contributed by atoms with E-state index in [9.17, 15) is 4.79 Å². The molecule has 2 N–H and O–H groups in total. The Balaban J connectivity index is 0.00000338. The van der Waals surface area contributed by atoms with E-state index in [0.29, 0.717) is 18.5 Å². The van der Waals surface area contributed by atoms with Crippen molar-refractivity contribution in [2.75, 3.05) is 40.3 Å². The van der Waals surface area contributed by atoms with Gasteiger partial charge < -0.3 is 15.5 Å². The number of aromatic nitrogens is 1. The number of rotatable bonds is 7. The fraction of sp³-hybridized carbons (Fsp3) is 0.611. The number of halogens is 1. The Hall–Kier alpha value is -1.42. The summed E-state index contributed by atoms with van der Waals surface area (Å²) in [6.45, 7) is 5.97. The zero-order valence-electron chi connectivity index (χ0n) is 15.9. The van der Waals surface area contributed by atoms with Gasteiger partial charge in [-0.2, -0.15) is 0 Å². The molecule has 1 aliphatic rings. The van der Waals surface area contributed by atoms with Gasteiger partial charge in [-0.25, -0.2) is 4.99 Å². The number of likely N-dealkylation sites (N-methyl/N-ethyl adjacent to an activating group) is 2. The van der Waals surface area contributed by atoms with Crippen LogP contribution in [-0.4, -0.2) is 73.0 Å². The van der Waals surface area contributed by atoms with Crippen LogP contribution < -0.4 is 10.6 Å². The van der Waals surface area contributed by atoms with E-state index in [4.69, 9.17) is 0 Å². The van der Waals surface area contributed by atoms with Crippen molar-refractivity contribution in [2.45, 2.75) is 32.4 Å². The lowest BCUT2D eigenvalue weighted by molar-refractivity contribution is -0.127. The number of nitrogens with one attached hydrogen (secondary N) is 2. The van der Waals surface area contributed by atoms with Gasteiger partial charge in [0.05, 0.1) is 18.8 Å². The third kappa shape index (κ3) is 7.45. The van der Waals surface area contributed by atoms with Crippen LogP contribution in [0.25, 0.3) is 0 Å². The van der Waals surface area contributed by atoms with Gasteiger partial charge in [-0.1, -0.05) is 13.0 Å². The third-order valence-electron chi connectivity index (χ3n) is 4.44. The monoisotopic (exact) mass is 474 g/mol. The number of nitrogens with zero attached hydrogens (tertiary/aromatic N) is 4. The molecule has 1 atom stereocenters. The predicted octanol–water partition coefficient (Wildman–Crippen LogP) is 1.31. The van der Waals surface area contributed by atoms with Crippen LogP contribution >= 0.6 is 24.0 Å². The Bertz CT molecular complexity index is 566. The number of aliphatic imine (C=N–C) groups is 1. The maximum atomic E-state index is 11.8. The summed E-state index contributed by atoms with van der Waals surface area (Å²) in [7, 11) is 3.50. The topological polar surface area (TPSA) is 72.9 Å². The van der Waals surface area contributed by atoms with Crippen molar-refractivity contribution < 1.29 is 4.79 Å². The number of amides is 1. The van der Waals surface area contributed by atoms with Crippen molar-refractivity contribution in [1.29, 1.82) is 0 Å². The van der Waals surface area contributed by atoms with Gasteiger partial charge in [0.1, 0.15) is 0 Å². The van der Waals surface area contributed by atoms with Crippen LogP contribution in [-0.2, 0) is 11.3 Å². The molecule has 0 aromatic carbocycles. The van der Waals surface area contributed by atoms with Gasteiger partial charge in [0, 0.05) is 32.9 Å². The minimum Gasteiger partial charge on any atom is -0.355 e. The van der Waals surface area contributed by atoms with Gasteiger partial charge >= 0.3 is 0 Å². The van der Waals surface area contributed by atoms with E-state index < -0.39 is 0 Å². The first-order valence-electron chi connectivity index (χ1n) is 8.96. The van der Waals surface area contributed by atoms with Crippen molar-refractivity contribution in [3.8, 4) is 0 Å². The van der Waals surface area contributed by atoms with E-state index in [1.165, 1.54) is 12.8 Å². The van der Waals surface area contributed by atoms with Gasteiger partial charge in [0.25, 0.3) is 0 Å². The Labute approximate surface area is 173 Å². The number of likely N-dealkylation sites (tertiary alicyclic amines) is 1. The maximum absolute atomic E-state index is 11.8. The van der Waals surface area contributed by atoms with E-state index in [-0.39, 0.29) is 36.4 Å². The van der Waals surface area contributed by atoms with Crippen LogP contribution in [0.2, 0.25) is 0 Å². The molecular formula is C18H31IN6O. The molecule has 2 rings (SSSR count). The quantitative estimate of drug-likeness (QED) is 0.354. The zero-order chi connectivity index (χ0) is 18.1. The second-order valence-electron chi connectivity index (χ2n) is 6.43. The Morgan fingerprint density at radius 2 is 2.19 bits per heavy atom. The van der Waals surface area contributed by atoms with Crippen LogP contribution in [0.4, 0.5) is 0 Å². The van der Waals surface area contributed by atoms with E-state index in [1.807, 2.05) is 18.2 Å². The van der Waals surface area contributed by atoms with E-state index in [2.05, 4.69) is 32.4 Å². The predicted molar refractivity (Wildman–Crippen MR) is 116 cm³/mol. The van der Waals surface area contributed by atoms with E-state index in [1.54, 1.807) is 25.2 Å². The third-order valence-corrected chi connectivity index (χ3v) is 4.44. The van der Waals surface area contributed by atoms with Crippen LogP contribution in [0.3, 0.4) is 0 Å². The average Bonchev–Trinajstić information content (AvgIpc) is 3.09. The van der Waals surface area contributed by atoms with Crippen LogP contribution in [0.5, 0.6) is 0 Å². The highest BCUT2D eigenvalue weighted by Crippen LogP contribution is 2.15. The largest absolute Gasteiger partial charge is 0.355 e. The van der Waals surface area contributed by atoms with Crippen LogP contribution in [0.1, 0.15) is 25.5 Å². The minimum absolute atomic E-state index is 0. The van der Waals surface area contributed by atoms with Gasteiger partial charge in [0.2, 0.25) is 5.91 Å². The number of hydrogen-bond donors (Lipinski definition) is 2. The number of hydrogen-bond acceptors (Lipinski definition) is 4. The molecule has 1 unspecified atom stereocenters. The molecule has 7 nitrogen and oxygen atoms in total.